The molecule has 1 atom stereocenters. The number of hydrogen-bond donors (Lipinski definition) is 1. The van der Waals surface area contributed by atoms with Crippen LogP contribution in [0.3, 0.4) is 0 Å². The van der Waals surface area contributed by atoms with Crippen molar-refractivity contribution >= 4 is 23.4 Å². The number of carbonyl (C=O) groups excluding carboxylic acids is 2. The van der Waals surface area contributed by atoms with Gasteiger partial charge in [-0.15, -0.1) is 11.6 Å². The average molecular weight is 379 g/mol. The first-order valence-electron chi connectivity index (χ1n) is 9.41. The molecular weight excluding hydrogens is 352 g/mol. The molecule has 0 saturated carbocycles. The maximum atomic E-state index is 13.4. The topological polar surface area (TPSA) is 58.6 Å². The van der Waals surface area contributed by atoms with Gasteiger partial charge in [-0.3, -0.25) is 9.59 Å². The van der Waals surface area contributed by atoms with Crippen molar-refractivity contribution in [3.63, 3.8) is 0 Å². The second-order valence-electron chi connectivity index (χ2n) is 7.25. The molecule has 2 amide bonds. The number of ether oxygens (including phenoxy) is 1. The molecule has 1 N–H and O–H groups in total. The summed E-state index contributed by atoms with van der Waals surface area (Å²) in [5.74, 6) is -0.127. The lowest BCUT2D eigenvalue weighted by molar-refractivity contribution is -0.156. The lowest BCUT2D eigenvalue weighted by Gasteiger charge is -2.44. The fraction of sp³-hybridized carbons (Fsp3) is 0.600. The minimum atomic E-state index is -0.854. The molecule has 1 unspecified atom stereocenters. The largest absolute Gasteiger partial charge is 0.360 e. The minimum Gasteiger partial charge on any atom is -0.360 e. The van der Waals surface area contributed by atoms with Gasteiger partial charge in [-0.2, -0.15) is 0 Å². The van der Waals surface area contributed by atoms with Crippen LogP contribution in [0.15, 0.2) is 30.3 Å². The van der Waals surface area contributed by atoms with E-state index in [2.05, 4.69) is 12.2 Å². The molecular formula is C20H27ClN2O3. The zero-order valence-corrected chi connectivity index (χ0v) is 16.1. The molecule has 1 aromatic rings. The number of carbonyl (C=O) groups is 2. The Balaban J connectivity index is 1.74. The maximum Gasteiger partial charge on any atom is 0.259 e. The zero-order valence-electron chi connectivity index (χ0n) is 15.3. The third kappa shape index (κ3) is 3.60. The van der Waals surface area contributed by atoms with Crippen LogP contribution in [0, 0.1) is 0 Å². The van der Waals surface area contributed by atoms with E-state index in [0.29, 0.717) is 26.1 Å². The van der Waals surface area contributed by atoms with Crippen LogP contribution in [-0.2, 0) is 19.9 Å². The Morgan fingerprint density at radius 2 is 1.88 bits per heavy atom. The van der Waals surface area contributed by atoms with Gasteiger partial charge in [-0.05, 0) is 37.7 Å². The van der Waals surface area contributed by atoms with Crippen molar-refractivity contribution in [3.05, 3.63) is 35.9 Å². The SMILES string of the molecule is CCC1(NC(=O)CCl)CCN(C(=O)C2(c3ccccc3)CCCO2)CC1. The summed E-state index contributed by atoms with van der Waals surface area (Å²) < 4.78 is 6.02. The zero-order chi connectivity index (χ0) is 18.6. The predicted octanol–water partition coefficient (Wildman–Crippen LogP) is 2.82. The van der Waals surface area contributed by atoms with Crippen molar-refractivity contribution in [2.24, 2.45) is 0 Å². The summed E-state index contributed by atoms with van der Waals surface area (Å²) in [4.78, 5) is 27.1. The van der Waals surface area contributed by atoms with Gasteiger partial charge in [0.15, 0.2) is 5.60 Å². The Bertz CT molecular complexity index is 636. The first-order chi connectivity index (χ1) is 12.6. The Morgan fingerprint density at radius 1 is 1.19 bits per heavy atom. The number of amides is 2. The summed E-state index contributed by atoms with van der Waals surface area (Å²) in [7, 11) is 0. The highest BCUT2D eigenvalue weighted by Crippen LogP contribution is 2.39. The van der Waals surface area contributed by atoms with Crippen LogP contribution in [-0.4, -0.2) is 47.8 Å². The Kier molecular flexibility index (Phi) is 5.88. The first kappa shape index (κ1) is 19.2. The molecule has 2 aliphatic heterocycles. The number of benzene rings is 1. The van der Waals surface area contributed by atoms with Gasteiger partial charge < -0.3 is 15.0 Å². The number of likely N-dealkylation sites (tertiary alicyclic amines) is 1. The number of piperidine rings is 1. The van der Waals surface area contributed by atoms with E-state index in [1.54, 1.807) is 0 Å². The Morgan fingerprint density at radius 3 is 2.42 bits per heavy atom. The van der Waals surface area contributed by atoms with Gasteiger partial charge in [0, 0.05) is 25.2 Å². The fourth-order valence-electron chi connectivity index (χ4n) is 4.16. The van der Waals surface area contributed by atoms with E-state index in [9.17, 15) is 9.59 Å². The molecule has 0 spiro atoms. The van der Waals surface area contributed by atoms with Crippen LogP contribution >= 0.6 is 11.6 Å². The summed E-state index contributed by atoms with van der Waals surface area (Å²) in [6.45, 7) is 3.91. The number of hydrogen-bond acceptors (Lipinski definition) is 3. The second-order valence-corrected chi connectivity index (χ2v) is 7.52. The van der Waals surface area contributed by atoms with E-state index < -0.39 is 5.60 Å². The molecule has 2 fully saturated rings. The highest BCUT2D eigenvalue weighted by atomic mass is 35.5. The van der Waals surface area contributed by atoms with Gasteiger partial charge in [0.25, 0.3) is 5.91 Å². The summed E-state index contributed by atoms with van der Waals surface area (Å²) in [6, 6.07) is 9.80. The van der Waals surface area contributed by atoms with Gasteiger partial charge in [0.1, 0.15) is 5.88 Å². The standard InChI is InChI=1S/C20H27ClN2O3/c1-2-19(22-17(24)15-21)10-12-23(13-11-19)18(25)20(9-6-14-26-20)16-7-4-3-5-8-16/h3-5,7-8H,2,6,9-15H2,1H3,(H,22,24). The number of halogens is 1. The van der Waals surface area contributed by atoms with Crippen molar-refractivity contribution < 1.29 is 14.3 Å². The molecule has 6 heteroatoms. The van der Waals surface area contributed by atoms with Crippen LogP contribution in [0.25, 0.3) is 0 Å². The number of nitrogens with one attached hydrogen (secondary N) is 1. The summed E-state index contributed by atoms with van der Waals surface area (Å²) in [5, 5.41) is 3.06. The van der Waals surface area contributed by atoms with Crippen LogP contribution in [0.1, 0.15) is 44.6 Å². The van der Waals surface area contributed by atoms with Gasteiger partial charge in [-0.1, -0.05) is 37.3 Å². The minimum absolute atomic E-state index is 0.0324. The lowest BCUT2D eigenvalue weighted by atomic mass is 9.83. The normalized spacial score (nSPS) is 25.1. The van der Waals surface area contributed by atoms with Crippen LogP contribution < -0.4 is 5.32 Å². The van der Waals surface area contributed by atoms with Crippen molar-refractivity contribution in [1.82, 2.24) is 10.2 Å². The van der Waals surface area contributed by atoms with Gasteiger partial charge in [0.2, 0.25) is 5.91 Å². The monoisotopic (exact) mass is 378 g/mol. The summed E-state index contributed by atoms with van der Waals surface area (Å²) in [5.41, 5.74) is -0.184. The second kappa shape index (κ2) is 7.97. The highest BCUT2D eigenvalue weighted by Gasteiger charge is 2.48. The highest BCUT2D eigenvalue weighted by molar-refractivity contribution is 6.27. The third-order valence-electron chi connectivity index (χ3n) is 5.82. The van der Waals surface area contributed by atoms with E-state index >= 15 is 0 Å². The number of alkyl halides is 1. The smallest absolute Gasteiger partial charge is 0.259 e. The molecule has 26 heavy (non-hydrogen) atoms. The van der Waals surface area contributed by atoms with Crippen LogP contribution in [0.4, 0.5) is 0 Å². The van der Waals surface area contributed by atoms with Crippen molar-refractivity contribution in [1.29, 1.82) is 0 Å². The number of rotatable bonds is 5. The van der Waals surface area contributed by atoms with E-state index in [0.717, 1.165) is 31.2 Å². The molecule has 0 aliphatic carbocycles. The van der Waals surface area contributed by atoms with Crippen molar-refractivity contribution in [2.45, 2.75) is 50.2 Å². The van der Waals surface area contributed by atoms with Crippen LogP contribution in [0.2, 0.25) is 0 Å². The lowest BCUT2D eigenvalue weighted by Crippen LogP contribution is -2.58. The predicted molar refractivity (Wildman–Crippen MR) is 101 cm³/mol. The van der Waals surface area contributed by atoms with Crippen molar-refractivity contribution in [3.8, 4) is 0 Å². The van der Waals surface area contributed by atoms with Crippen LogP contribution in [0.5, 0.6) is 0 Å². The Labute approximate surface area is 160 Å². The third-order valence-corrected chi connectivity index (χ3v) is 6.06. The summed E-state index contributed by atoms with van der Waals surface area (Å²) in [6.07, 6.45) is 3.91. The molecule has 3 rings (SSSR count). The van der Waals surface area contributed by atoms with Gasteiger partial charge >= 0.3 is 0 Å². The maximum absolute atomic E-state index is 13.4. The van der Waals surface area contributed by atoms with E-state index in [4.69, 9.17) is 16.3 Å². The molecule has 142 valence electrons. The van der Waals surface area contributed by atoms with Gasteiger partial charge in [-0.25, -0.2) is 0 Å². The van der Waals surface area contributed by atoms with Crippen molar-refractivity contribution in [2.75, 3.05) is 25.6 Å². The van der Waals surface area contributed by atoms with E-state index in [1.165, 1.54) is 0 Å². The quantitative estimate of drug-likeness (QED) is 0.801. The Hall–Kier alpha value is -1.59. The average Bonchev–Trinajstić information content (AvgIpc) is 3.19. The molecule has 1 aromatic carbocycles. The molecule has 5 nitrogen and oxygen atoms in total. The molecule has 0 radical (unpaired) electrons. The fourth-order valence-corrected chi connectivity index (χ4v) is 4.22. The summed E-state index contributed by atoms with van der Waals surface area (Å²) >= 11 is 5.65. The molecule has 2 aliphatic rings. The first-order valence-corrected chi connectivity index (χ1v) is 9.94. The van der Waals surface area contributed by atoms with E-state index in [-0.39, 0.29) is 23.2 Å². The molecule has 0 aromatic heterocycles. The molecule has 0 bridgehead atoms. The van der Waals surface area contributed by atoms with Gasteiger partial charge in [0.05, 0.1) is 0 Å². The molecule has 2 saturated heterocycles. The molecule has 2 heterocycles. The number of nitrogens with zero attached hydrogens (tertiary/aromatic N) is 1. The van der Waals surface area contributed by atoms with E-state index in [1.807, 2.05) is 35.2 Å².